The van der Waals surface area contributed by atoms with Gasteiger partial charge in [-0.05, 0) is 47.1 Å². The van der Waals surface area contributed by atoms with Crippen LogP contribution in [0.5, 0.6) is 0 Å². The molecule has 12 heavy (non-hydrogen) atoms. The average Bonchev–Trinajstić information content (AvgIpc) is 1.79. The van der Waals surface area contributed by atoms with Crippen molar-refractivity contribution < 1.29 is 5.11 Å². The zero-order chi connectivity index (χ0) is 9.94. The number of rotatable bonds is 2. The van der Waals surface area contributed by atoms with E-state index in [1.54, 1.807) is 0 Å². The van der Waals surface area contributed by atoms with Gasteiger partial charge in [0.1, 0.15) is 0 Å². The SMILES string of the molecule is CC(C)=CC(=C(C)C)C(C)(C)O. The van der Waals surface area contributed by atoms with E-state index in [9.17, 15) is 5.11 Å². The lowest BCUT2D eigenvalue weighted by atomic mass is 9.92. The second kappa shape index (κ2) is 3.90. The Morgan fingerprint density at radius 1 is 1.08 bits per heavy atom. The maximum Gasteiger partial charge on any atom is 0.0839 e. The lowest BCUT2D eigenvalue weighted by Gasteiger charge is -2.21. The summed E-state index contributed by atoms with van der Waals surface area (Å²) >= 11 is 0. The van der Waals surface area contributed by atoms with Crippen molar-refractivity contribution in [1.82, 2.24) is 0 Å². The van der Waals surface area contributed by atoms with E-state index in [4.69, 9.17) is 0 Å². The molecule has 0 bridgehead atoms. The largest absolute Gasteiger partial charge is 0.386 e. The van der Waals surface area contributed by atoms with Crippen LogP contribution < -0.4 is 0 Å². The van der Waals surface area contributed by atoms with Crippen molar-refractivity contribution in [2.24, 2.45) is 0 Å². The average molecular weight is 168 g/mol. The van der Waals surface area contributed by atoms with E-state index in [0.717, 1.165) is 5.57 Å². The van der Waals surface area contributed by atoms with Gasteiger partial charge >= 0.3 is 0 Å². The van der Waals surface area contributed by atoms with Crippen LogP contribution >= 0.6 is 0 Å². The van der Waals surface area contributed by atoms with Crippen LogP contribution in [0, 0.1) is 0 Å². The van der Waals surface area contributed by atoms with E-state index in [2.05, 4.69) is 0 Å². The third-order valence-electron chi connectivity index (χ3n) is 1.63. The predicted molar refractivity (Wildman–Crippen MR) is 54.1 cm³/mol. The van der Waals surface area contributed by atoms with Crippen molar-refractivity contribution in [2.75, 3.05) is 0 Å². The van der Waals surface area contributed by atoms with E-state index in [1.165, 1.54) is 11.1 Å². The van der Waals surface area contributed by atoms with Crippen LogP contribution in [0.15, 0.2) is 22.8 Å². The summed E-state index contributed by atoms with van der Waals surface area (Å²) in [6, 6.07) is 0. The number of aliphatic hydroxyl groups is 1. The van der Waals surface area contributed by atoms with E-state index < -0.39 is 5.60 Å². The summed E-state index contributed by atoms with van der Waals surface area (Å²) in [5.74, 6) is 0. The summed E-state index contributed by atoms with van der Waals surface area (Å²) in [6.07, 6.45) is 2.04. The molecule has 0 aromatic rings. The molecular weight excluding hydrogens is 148 g/mol. The van der Waals surface area contributed by atoms with Crippen molar-refractivity contribution in [3.8, 4) is 0 Å². The number of allylic oxidation sites excluding steroid dienone is 2. The molecular formula is C11H20O. The van der Waals surface area contributed by atoms with Gasteiger partial charge in [-0.1, -0.05) is 17.2 Å². The fraction of sp³-hybridized carbons (Fsp3) is 0.636. The van der Waals surface area contributed by atoms with E-state index >= 15 is 0 Å². The maximum atomic E-state index is 9.79. The van der Waals surface area contributed by atoms with E-state index in [0.29, 0.717) is 0 Å². The van der Waals surface area contributed by atoms with Gasteiger partial charge in [0, 0.05) is 0 Å². The van der Waals surface area contributed by atoms with Crippen molar-refractivity contribution in [3.05, 3.63) is 22.8 Å². The summed E-state index contributed by atoms with van der Waals surface area (Å²) in [6.45, 7) is 11.7. The number of hydrogen-bond donors (Lipinski definition) is 1. The van der Waals surface area contributed by atoms with Crippen molar-refractivity contribution >= 4 is 0 Å². The first kappa shape index (κ1) is 11.4. The summed E-state index contributed by atoms with van der Waals surface area (Å²) in [7, 11) is 0. The summed E-state index contributed by atoms with van der Waals surface area (Å²) < 4.78 is 0. The van der Waals surface area contributed by atoms with Crippen molar-refractivity contribution in [3.63, 3.8) is 0 Å². The third-order valence-corrected chi connectivity index (χ3v) is 1.63. The van der Waals surface area contributed by atoms with Gasteiger partial charge in [-0.15, -0.1) is 0 Å². The summed E-state index contributed by atoms with van der Waals surface area (Å²) in [5.41, 5.74) is 2.68. The highest BCUT2D eigenvalue weighted by molar-refractivity contribution is 5.32. The molecule has 1 heteroatoms. The Balaban J connectivity index is 4.99. The topological polar surface area (TPSA) is 20.2 Å². The molecule has 0 fully saturated rings. The maximum absolute atomic E-state index is 9.79. The van der Waals surface area contributed by atoms with Crippen LogP contribution in [0.4, 0.5) is 0 Å². The Bertz CT molecular complexity index is 206. The minimum atomic E-state index is -0.726. The molecule has 0 aromatic heterocycles. The van der Waals surface area contributed by atoms with Gasteiger partial charge in [0.05, 0.1) is 5.60 Å². The second-order valence-electron chi connectivity index (χ2n) is 4.19. The standard InChI is InChI=1S/C11H20O/c1-8(2)7-10(9(3)4)11(5,6)12/h7,12H,1-6H3. The van der Waals surface area contributed by atoms with Gasteiger partial charge in [-0.2, -0.15) is 0 Å². The molecule has 0 aliphatic rings. The van der Waals surface area contributed by atoms with Gasteiger partial charge in [0.25, 0.3) is 0 Å². The van der Waals surface area contributed by atoms with Crippen LogP contribution in [0.2, 0.25) is 0 Å². The molecule has 0 spiro atoms. The zero-order valence-electron chi connectivity index (χ0n) is 9.02. The molecule has 0 unspecified atom stereocenters. The highest BCUT2D eigenvalue weighted by atomic mass is 16.3. The highest BCUT2D eigenvalue weighted by Crippen LogP contribution is 2.21. The van der Waals surface area contributed by atoms with E-state index in [1.807, 2.05) is 47.6 Å². The van der Waals surface area contributed by atoms with Crippen LogP contribution in [0.3, 0.4) is 0 Å². The molecule has 0 saturated carbocycles. The Morgan fingerprint density at radius 2 is 1.50 bits per heavy atom. The summed E-state index contributed by atoms with van der Waals surface area (Å²) in [5, 5.41) is 9.79. The minimum Gasteiger partial charge on any atom is -0.386 e. The first-order valence-corrected chi connectivity index (χ1v) is 4.30. The Morgan fingerprint density at radius 3 is 1.58 bits per heavy atom. The second-order valence-corrected chi connectivity index (χ2v) is 4.19. The third kappa shape index (κ3) is 3.72. The highest BCUT2D eigenvalue weighted by Gasteiger charge is 2.17. The van der Waals surface area contributed by atoms with Crippen LogP contribution in [0.25, 0.3) is 0 Å². The first-order chi connectivity index (χ1) is 5.25. The number of hydrogen-bond acceptors (Lipinski definition) is 1. The van der Waals surface area contributed by atoms with E-state index in [-0.39, 0.29) is 0 Å². The Labute approximate surface area is 75.8 Å². The molecule has 70 valence electrons. The lowest BCUT2D eigenvalue weighted by molar-refractivity contribution is 0.122. The first-order valence-electron chi connectivity index (χ1n) is 4.30. The predicted octanol–water partition coefficient (Wildman–Crippen LogP) is 3.06. The van der Waals surface area contributed by atoms with Gasteiger partial charge in [-0.25, -0.2) is 0 Å². The monoisotopic (exact) mass is 168 g/mol. The fourth-order valence-electron chi connectivity index (χ4n) is 1.22. The van der Waals surface area contributed by atoms with Crippen molar-refractivity contribution in [2.45, 2.75) is 47.1 Å². The normalized spacial score (nSPS) is 10.9. The van der Waals surface area contributed by atoms with Gasteiger partial charge < -0.3 is 5.11 Å². The minimum absolute atomic E-state index is 0.726. The van der Waals surface area contributed by atoms with Gasteiger partial charge in [0.2, 0.25) is 0 Å². The summed E-state index contributed by atoms with van der Waals surface area (Å²) in [4.78, 5) is 0. The molecule has 0 aliphatic carbocycles. The van der Waals surface area contributed by atoms with Crippen molar-refractivity contribution in [1.29, 1.82) is 0 Å². The Kier molecular flexibility index (Phi) is 3.72. The quantitative estimate of drug-likeness (QED) is 0.628. The van der Waals surface area contributed by atoms with Crippen LogP contribution in [-0.4, -0.2) is 10.7 Å². The zero-order valence-corrected chi connectivity index (χ0v) is 9.02. The smallest absolute Gasteiger partial charge is 0.0839 e. The lowest BCUT2D eigenvalue weighted by Crippen LogP contribution is -2.21. The molecule has 0 aliphatic heterocycles. The van der Waals surface area contributed by atoms with Crippen LogP contribution in [0.1, 0.15) is 41.5 Å². The molecule has 0 rings (SSSR count). The van der Waals surface area contributed by atoms with Gasteiger partial charge in [0.15, 0.2) is 0 Å². The molecule has 0 saturated heterocycles. The molecule has 1 N–H and O–H groups in total. The molecule has 0 radical (unpaired) electrons. The molecule has 0 heterocycles. The van der Waals surface area contributed by atoms with Crippen LogP contribution in [-0.2, 0) is 0 Å². The molecule has 0 amide bonds. The fourth-order valence-corrected chi connectivity index (χ4v) is 1.22. The molecule has 1 nitrogen and oxygen atoms in total. The Hall–Kier alpha value is -0.560. The molecule has 0 atom stereocenters. The van der Waals surface area contributed by atoms with Gasteiger partial charge in [-0.3, -0.25) is 0 Å². The molecule has 0 aromatic carbocycles.